The van der Waals surface area contributed by atoms with Crippen molar-refractivity contribution in [3.8, 4) is 0 Å². The molecule has 334 valence electrons. The number of allylic oxidation sites excluding steroid dienone is 11. The van der Waals surface area contributed by atoms with Crippen molar-refractivity contribution in [2.75, 3.05) is 13.2 Å². The molecule has 1 heterocycles. The monoisotopic (exact) mass is 816 g/mol. The molecule has 0 aliphatic carbocycles. The Bertz CT molecular complexity index is 1130. The number of carbonyl (C=O) groups excluding carboxylic acids is 1. The maximum Gasteiger partial charge on any atom is 0.220 e. The maximum absolute atomic E-state index is 12.8. The molecule has 6 N–H and O–H groups in total. The highest BCUT2D eigenvalue weighted by Gasteiger charge is 2.44. The van der Waals surface area contributed by atoms with Crippen molar-refractivity contribution in [1.82, 2.24) is 5.32 Å². The van der Waals surface area contributed by atoms with Gasteiger partial charge in [-0.05, 0) is 57.8 Å². The van der Waals surface area contributed by atoms with E-state index in [0.29, 0.717) is 6.42 Å². The van der Waals surface area contributed by atoms with Gasteiger partial charge in [0.05, 0.1) is 25.4 Å². The molecule has 0 aromatic rings. The molecule has 9 heteroatoms. The lowest BCUT2D eigenvalue weighted by Gasteiger charge is -2.40. The molecular formula is C49H85NO8. The van der Waals surface area contributed by atoms with Crippen molar-refractivity contribution in [2.45, 2.75) is 217 Å². The minimum Gasteiger partial charge on any atom is -0.394 e. The van der Waals surface area contributed by atoms with Crippen molar-refractivity contribution in [1.29, 1.82) is 0 Å². The zero-order valence-electron chi connectivity index (χ0n) is 36.5. The van der Waals surface area contributed by atoms with Crippen LogP contribution in [-0.4, -0.2) is 87.5 Å². The summed E-state index contributed by atoms with van der Waals surface area (Å²) in [7, 11) is 0. The lowest BCUT2D eigenvalue weighted by atomic mass is 9.99. The van der Waals surface area contributed by atoms with Crippen LogP contribution in [-0.2, 0) is 14.3 Å². The van der Waals surface area contributed by atoms with Crippen LogP contribution in [0.15, 0.2) is 72.9 Å². The zero-order chi connectivity index (χ0) is 42.3. The van der Waals surface area contributed by atoms with Gasteiger partial charge in [0.1, 0.15) is 24.4 Å². The fraction of sp³-hybridized carbons (Fsp3) is 0.735. The molecule has 9 nitrogen and oxygen atoms in total. The van der Waals surface area contributed by atoms with Gasteiger partial charge in [-0.25, -0.2) is 0 Å². The molecule has 0 saturated carbocycles. The van der Waals surface area contributed by atoms with Gasteiger partial charge in [-0.2, -0.15) is 0 Å². The van der Waals surface area contributed by atoms with Crippen molar-refractivity contribution >= 4 is 5.91 Å². The Morgan fingerprint density at radius 3 is 1.57 bits per heavy atom. The first-order chi connectivity index (χ1) is 28.3. The van der Waals surface area contributed by atoms with Gasteiger partial charge in [0.25, 0.3) is 0 Å². The first-order valence-electron chi connectivity index (χ1n) is 23.2. The highest BCUT2D eigenvalue weighted by atomic mass is 16.7. The van der Waals surface area contributed by atoms with E-state index >= 15 is 0 Å². The number of amides is 1. The van der Waals surface area contributed by atoms with Gasteiger partial charge in [-0.15, -0.1) is 0 Å². The summed E-state index contributed by atoms with van der Waals surface area (Å²) < 4.78 is 11.1. The van der Waals surface area contributed by atoms with Crippen LogP contribution < -0.4 is 5.32 Å². The number of rotatable bonds is 37. The Hall–Kier alpha value is -2.37. The lowest BCUT2D eigenvalue weighted by Crippen LogP contribution is -2.60. The molecule has 1 fully saturated rings. The van der Waals surface area contributed by atoms with Gasteiger partial charge in [0.2, 0.25) is 5.91 Å². The van der Waals surface area contributed by atoms with Crippen molar-refractivity contribution in [3.63, 3.8) is 0 Å². The molecule has 0 aromatic carbocycles. The maximum atomic E-state index is 12.8. The number of aliphatic hydroxyl groups excluding tert-OH is 5. The number of hydrogen-bond acceptors (Lipinski definition) is 8. The van der Waals surface area contributed by atoms with E-state index in [2.05, 4.69) is 79.9 Å². The van der Waals surface area contributed by atoms with E-state index in [-0.39, 0.29) is 12.5 Å². The van der Waals surface area contributed by atoms with Gasteiger partial charge in [0, 0.05) is 6.42 Å². The van der Waals surface area contributed by atoms with E-state index in [4.69, 9.17) is 9.47 Å². The Labute approximate surface area is 353 Å². The molecular weight excluding hydrogens is 731 g/mol. The van der Waals surface area contributed by atoms with Crippen molar-refractivity contribution < 1.29 is 39.8 Å². The van der Waals surface area contributed by atoms with Crippen molar-refractivity contribution in [3.05, 3.63) is 72.9 Å². The molecule has 0 aromatic heterocycles. The summed E-state index contributed by atoms with van der Waals surface area (Å²) >= 11 is 0. The minimum absolute atomic E-state index is 0.190. The van der Waals surface area contributed by atoms with Gasteiger partial charge in [0.15, 0.2) is 6.29 Å². The molecule has 1 rings (SSSR count). The standard InChI is InChI=1S/C49H85NO8/c1-3-5-7-9-10-11-12-13-14-15-16-17-18-19-20-21-22-23-24-25-26-27-28-29-30-31-32-33-34-35-37-39-45(53)50-42(43(52)38-36-8-6-4-2)41-57-49-48(56)47(55)46(54)44(40-51)58-49/h5,7,10-11,13-14,16-17,19-20,36,38,42-44,46-49,51-52,54-56H,3-4,6,8-9,12,15,18,21-35,37,39-41H2,1-2H3,(H,50,53)/b7-5-,11-10-,14-13-,17-16-,20-19-,38-36+. The molecule has 58 heavy (non-hydrogen) atoms. The molecule has 1 saturated heterocycles. The summed E-state index contributed by atoms with van der Waals surface area (Å²) in [5.74, 6) is -0.190. The molecule has 0 bridgehead atoms. The quantitative estimate of drug-likeness (QED) is 0.0268. The average Bonchev–Trinajstić information content (AvgIpc) is 3.22. The molecule has 7 unspecified atom stereocenters. The van der Waals surface area contributed by atoms with Gasteiger partial charge in [-0.1, -0.05) is 183 Å². The van der Waals surface area contributed by atoms with Crippen LogP contribution in [0.1, 0.15) is 174 Å². The molecule has 0 radical (unpaired) electrons. The largest absolute Gasteiger partial charge is 0.394 e. The topological polar surface area (TPSA) is 149 Å². The molecule has 1 amide bonds. The number of unbranched alkanes of at least 4 members (excludes halogenated alkanes) is 17. The summed E-state index contributed by atoms with van der Waals surface area (Å²) in [6.07, 6.45) is 46.1. The number of ether oxygens (including phenoxy) is 2. The van der Waals surface area contributed by atoms with E-state index < -0.39 is 49.5 Å². The summed E-state index contributed by atoms with van der Waals surface area (Å²) in [6, 6.07) is -0.802. The molecule has 7 atom stereocenters. The summed E-state index contributed by atoms with van der Waals surface area (Å²) in [4.78, 5) is 12.8. The highest BCUT2D eigenvalue weighted by Crippen LogP contribution is 2.22. The van der Waals surface area contributed by atoms with Gasteiger partial charge in [-0.3, -0.25) is 4.79 Å². The minimum atomic E-state index is -1.56. The fourth-order valence-electron chi connectivity index (χ4n) is 6.81. The van der Waals surface area contributed by atoms with E-state index in [0.717, 1.165) is 70.6 Å². The third-order valence-corrected chi connectivity index (χ3v) is 10.5. The third-order valence-electron chi connectivity index (χ3n) is 10.5. The van der Waals surface area contributed by atoms with Gasteiger partial charge < -0.3 is 40.3 Å². The van der Waals surface area contributed by atoms with E-state index in [9.17, 15) is 30.3 Å². The Morgan fingerprint density at radius 1 is 0.603 bits per heavy atom. The van der Waals surface area contributed by atoms with E-state index in [1.54, 1.807) is 6.08 Å². The Morgan fingerprint density at radius 2 is 1.07 bits per heavy atom. The Kier molecular flexibility index (Phi) is 35.9. The summed E-state index contributed by atoms with van der Waals surface area (Å²) in [6.45, 7) is 3.49. The zero-order valence-corrected chi connectivity index (χ0v) is 36.5. The highest BCUT2D eigenvalue weighted by molar-refractivity contribution is 5.76. The van der Waals surface area contributed by atoms with Crippen LogP contribution in [0.2, 0.25) is 0 Å². The summed E-state index contributed by atoms with van der Waals surface area (Å²) in [5, 5.41) is 53.6. The average molecular weight is 816 g/mol. The van der Waals surface area contributed by atoms with Crippen LogP contribution in [0.3, 0.4) is 0 Å². The second kappa shape index (κ2) is 38.8. The summed E-state index contributed by atoms with van der Waals surface area (Å²) in [5.41, 5.74) is 0. The van der Waals surface area contributed by atoms with E-state index in [1.165, 1.54) is 83.5 Å². The van der Waals surface area contributed by atoms with Crippen LogP contribution in [0, 0.1) is 0 Å². The van der Waals surface area contributed by atoms with Crippen LogP contribution in [0.25, 0.3) is 0 Å². The van der Waals surface area contributed by atoms with Crippen LogP contribution >= 0.6 is 0 Å². The second-order valence-electron chi connectivity index (χ2n) is 15.8. The third kappa shape index (κ3) is 29.0. The Balaban J connectivity index is 2.05. The smallest absolute Gasteiger partial charge is 0.220 e. The lowest BCUT2D eigenvalue weighted by molar-refractivity contribution is -0.302. The van der Waals surface area contributed by atoms with Crippen LogP contribution in [0.4, 0.5) is 0 Å². The number of hydrogen-bond donors (Lipinski definition) is 6. The van der Waals surface area contributed by atoms with Gasteiger partial charge >= 0.3 is 0 Å². The van der Waals surface area contributed by atoms with Crippen LogP contribution in [0.5, 0.6) is 0 Å². The first-order valence-corrected chi connectivity index (χ1v) is 23.2. The predicted molar refractivity (Wildman–Crippen MR) is 239 cm³/mol. The van der Waals surface area contributed by atoms with E-state index in [1.807, 2.05) is 6.08 Å². The molecule has 0 spiro atoms. The normalized spacial score (nSPS) is 21.5. The first kappa shape index (κ1) is 53.6. The fourth-order valence-corrected chi connectivity index (χ4v) is 6.81. The molecule has 1 aliphatic rings. The molecule has 1 aliphatic heterocycles. The number of carbonyl (C=O) groups is 1. The second-order valence-corrected chi connectivity index (χ2v) is 15.8. The predicted octanol–water partition coefficient (Wildman–Crippen LogP) is 9.78. The SMILES string of the molecule is CC/C=C\C/C=C\C/C=C\C/C=C\C/C=C\CCCCCCCCCCCCCCCCCC(=O)NC(COC1OC(CO)C(O)C(O)C1O)C(O)/C=C/CCCC. The number of nitrogens with one attached hydrogen (secondary N) is 1. The van der Waals surface area contributed by atoms with Crippen molar-refractivity contribution in [2.24, 2.45) is 0 Å². The number of aliphatic hydroxyl groups is 5.